The highest BCUT2D eigenvalue weighted by atomic mass is 32.2. The van der Waals surface area contributed by atoms with Gasteiger partial charge in [0.05, 0.1) is 6.61 Å². The summed E-state index contributed by atoms with van der Waals surface area (Å²) >= 11 is 0. The van der Waals surface area contributed by atoms with Crippen molar-refractivity contribution in [1.29, 1.82) is 0 Å². The van der Waals surface area contributed by atoms with E-state index in [9.17, 15) is 13.2 Å². The van der Waals surface area contributed by atoms with Crippen molar-refractivity contribution in [2.75, 3.05) is 19.7 Å². The normalized spacial score (nSPS) is 24.2. The van der Waals surface area contributed by atoms with Crippen molar-refractivity contribution >= 4 is 16.4 Å². The lowest BCUT2D eigenvalue weighted by Gasteiger charge is -2.44. The minimum absolute atomic E-state index is 0.132. The molecule has 138 valence electrons. The first-order valence-corrected chi connectivity index (χ1v) is 10.1. The van der Waals surface area contributed by atoms with Crippen LogP contribution in [-0.2, 0) is 15.0 Å². The summed E-state index contributed by atoms with van der Waals surface area (Å²) in [5.41, 5.74) is 0. The number of benzene rings is 1. The van der Waals surface area contributed by atoms with Crippen molar-refractivity contribution < 1.29 is 22.1 Å². The molecule has 2 atom stereocenters. The van der Waals surface area contributed by atoms with Gasteiger partial charge >= 0.3 is 16.4 Å². The van der Waals surface area contributed by atoms with Crippen LogP contribution >= 0.6 is 0 Å². The van der Waals surface area contributed by atoms with Crippen LogP contribution in [-0.4, -0.2) is 45.1 Å². The monoisotopic (exact) mass is 368 g/mol. The third-order valence-electron chi connectivity index (χ3n) is 4.81. The Balaban J connectivity index is 1.48. The Hall–Kier alpha value is -1.80. The number of amides is 1. The molecule has 2 aliphatic heterocycles. The van der Waals surface area contributed by atoms with Crippen LogP contribution in [0.2, 0.25) is 0 Å². The first-order valence-electron chi connectivity index (χ1n) is 8.71. The zero-order valence-electron chi connectivity index (χ0n) is 14.1. The van der Waals surface area contributed by atoms with Crippen LogP contribution in [0.3, 0.4) is 0 Å². The standard InChI is InChI=1S/C17H24N2O5S/c20-17(18-25(21,22)24-15-8-2-1-3-9-15)23-13-14-7-6-12-19-11-5-4-10-16(14)19/h1-3,8-9,14,16H,4-7,10-13H2,(H,18,20)/t14-,16+/m0/s1. The van der Waals surface area contributed by atoms with Crippen molar-refractivity contribution in [3.05, 3.63) is 30.3 Å². The lowest BCUT2D eigenvalue weighted by Crippen LogP contribution is -2.49. The number of para-hydroxylation sites is 1. The van der Waals surface area contributed by atoms with Gasteiger partial charge in [0.15, 0.2) is 0 Å². The Morgan fingerprint density at radius 3 is 2.68 bits per heavy atom. The maximum atomic E-state index is 11.8. The Kier molecular flexibility index (Phi) is 5.80. The van der Waals surface area contributed by atoms with Gasteiger partial charge in [0.2, 0.25) is 0 Å². The number of nitrogens with zero attached hydrogens (tertiary/aromatic N) is 1. The van der Waals surface area contributed by atoms with E-state index in [2.05, 4.69) is 4.90 Å². The van der Waals surface area contributed by atoms with E-state index in [4.69, 9.17) is 8.92 Å². The van der Waals surface area contributed by atoms with Gasteiger partial charge in [-0.2, -0.15) is 13.1 Å². The Bertz CT molecular complexity index is 678. The molecule has 2 fully saturated rings. The van der Waals surface area contributed by atoms with Crippen LogP contribution in [0.25, 0.3) is 0 Å². The third kappa shape index (κ3) is 5.09. The first-order chi connectivity index (χ1) is 12.0. The highest BCUT2D eigenvalue weighted by Gasteiger charge is 2.33. The van der Waals surface area contributed by atoms with Crippen LogP contribution < -0.4 is 8.91 Å². The fraction of sp³-hybridized carbons (Fsp3) is 0.588. The maximum Gasteiger partial charge on any atom is 0.423 e. The predicted molar refractivity (Wildman–Crippen MR) is 92.4 cm³/mol. The number of piperidine rings is 2. The molecule has 0 saturated carbocycles. The molecule has 2 saturated heterocycles. The Morgan fingerprint density at radius 1 is 1.12 bits per heavy atom. The number of hydrogen-bond donors (Lipinski definition) is 1. The molecule has 7 nitrogen and oxygen atoms in total. The zero-order chi connectivity index (χ0) is 17.7. The van der Waals surface area contributed by atoms with Gasteiger partial charge in [-0.05, 0) is 50.9 Å². The zero-order valence-corrected chi connectivity index (χ0v) is 14.9. The Morgan fingerprint density at radius 2 is 1.88 bits per heavy atom. The van der Waals surface area contributed by atoms with Crippen molar-refractivity contribution in [2.45, 2.75) is 38.1 Å². The molecule has 8 heteroatoms. The molecule has 0 aliphatic carbocycles. The number of carbonyl (C=O) groups excluding carboxylic acids is 1. The van der Waals surface area contributed by atoms with Crippen LogP contribution in [0.15, 0.2) is 30.3 Å². The number of nitrogens with one attached hydrogen (secondary N) is 1. The third-order valence-corrected chi connectivity index (χ3v) is 5.64. The molecule has 1 amide bonds. The molecule has 0 bridgehead atoms. The van der Waals surface area contributed by atoms with Crippen LogP contribution in [0.5, 0.6) is 5.75 Å². The average Bonchev–Trinajstić information content (AvgIpc) is 2.60. The van der Waals surface area contributed by atoms with E-state index >= 15 is 0 Å². The van der Waals surface area contributed by atoms with Crippen molar-refractivity contribution in [1.82, 2.24) is 9.62 Å². The molecule has 2 aliphatic rings. The van der Waals surface area contributed by atoms with Crippen LogP contribution in [0.4, 0.5) is 4.79 Å². The molecule has 3 rings (SSSR count). The molecule has 0 spiro atoms. The van der Waals surface area contributed by atoms with E-state index < -0.39 is 16.4 Å². The predicted octanol–water partition coefficient (Wildman–Crippen LogP) is 2.30. The number of hydrogen-bond acceptors (Lipinski definition) is 6. The topological polar surface area (TPSA) is 84.9 Å². The number of rotatable bonds is 5. The van der Waals surface area contributed by atoms with Gasteiger partial charge in [-0.3, -0.25) is 4.90 Å². The number of ether oxygens (including phenoxy) is 1. The van der Waals surface area contributed by atoms with Gasteiger partial charge in [-0.15, -0.1) is 0 Å². The van der Waals surface area contributed by atoms with Crippen molar-refractivity contribution in [3.63, 3.8) is 0 Å². The summed E-state index contributed by atoms with van der Waals surface area (Å²) in [6.45, 7) is 2.44. The fourth-order valence-electron chi connectivity index (χ4n) is 3.71. The van der Waals surface area contributed by atoms with E-state index in [0.29, 0.717) is 6.04 Å². The smallest absolute Gasteiger partial charge is 0.423 e. The lowest BCUT2D eigenvalue weighted by molar-refractivity contribution is 0.0244. The second-order valence-electron chi connectivity index (χ2n) is 6.55. The minimum atomic E-state index is -4.25. The molecule has 0 aromatic heterocycles. The van der Waals surface area contributed by atoms with E-state index in [1.165, 1.54) is 25.0 Å². The van der Waals surface area contributed by atoms with Crippen LogP contribution in [0, 0.1) is 5.92 Å². The van der Waals surface area contributed by atoms with Crippen molar-refractivity contribution in [2.24, 2.45) is 5.92 Å². The highest BCUT2D eigenvalue weighted by Crippen LogP contribution is 2.30. The summed E-state index contributed by atoms with van der Waals surface area (Å²) in [5, 5.41) is 0. The maximum absolute atomic E-state index is 11.8. The van der Waals surface area contributed by atoms with Gasteiger partial charge in [-0.25, -0.2) is 4.79 Å². The summed E-state index contributed by atoms with van der Waals surface area (Å²) in [6.07, 6.45) is 4.63. The first kappa shape index (κ1) is 18.0. The lowest BCUT2D eigenvalue weighted by atomic mass is 9.84. The number of fused-ring (bicyclic) bond motifs is 1. The summed E-state index contributed by atoms with van der Waals surface area (Å²) in [5.74, 6) is 0.394. The van der Waals surface area contributed by atoms with Gasteiger partial charge in [0.25, 0.3) is 0 Å². The van der Waals surface area contributed by atoms with Crippen LogP contribution in [0.1, 0.15) is 32.1 Å². The van der Waals surface area contributed by atoms with E-state index in [1.807, 2.05) is 0 Å². The van der Waals surface area contributed by atoms with E-state index in [-0.39, 0.29) is 18.3 Å². The average molecular weight is 368 g/mol. The van der Waals surface area contributed by atoms with E-state index in [1.54, 1.807) is 22.9 Å². The van der Waals surface area contributed by atoms with E-state index in [0.717, 1.165) is 32.4 Å². The quantitative estimate of drug-likeness (QED) is 0.858. The second-order valence-corrected chi connectivity index (χ2v) is 7.83. The summed E-state index contributed by atoms with van der Waals surface area (Å²) in [6, 6.07) is 8.44. The fourth-order valence-corrected chi connectivity index (χ4v) is 4.38. The molecule has 2 heterocycles. The minimum Gasteiger partial charge on any atom is -0.448 e. The molecular formula is C17H24N2O5S. The van der Waals surface area contributed by atoms with Gasteiger partial charge in [-0.1, -0.05) is 24.6 Å². The highest BCUT2D eigenvalue weighted by molar-refractivity contribution is 7.85. The molecule has 1 aromatic carbocycles. The Labute approximate surface area is 148 Å². The molecule has 1 aromatic rings. The van der Waals surface area contributed by atoms with Gasteiger partial charge in [0.1, 0.15) is 5.75 Å². The summed E-state index contributed by atoms with van der Waals surface area (Å²) in [7, 11) is -4.25. The summed E-state index contributed by atoms with van der Waals surface area (Å²) < 4.78 is 35.5. The van der Waals surface area contributed by atoms with Gasteiger partial charge in [0, 0.05) is 12.0 Å². The molecular weight excluding hydrogens is 344 g/mol. The molecule has 1 N–H and O–H groups in total. The molecule has 0 unspecified atom stereocenters. The van der Waals surface area contributed by atoms with Gasteiger partial charge < -0.3 is 8.92 Å². The SMILES string of the molecule is O=C(NS(=O)(=O)Oc1ccccc1)OC[C@@H]1CCCN2CCCC[C@H]12. The molecule has 0 radical (unpaired) electrons. The second kappa shape index (κ2) is 8.05. The summed E-state index contributed by atoms with van der Waals surface area (Å²) in [4.78, 5) is 14.3. The number of carbonyl (C=O) groups is 1. The van der Waals surface area contributed by atoms with Crippen molar-refractivity contribution in [3.8, 4) is 5.75 Å². The molecule has 25 heavy (non-hydrogen) atoms. The largest absolute Gasteiger partial charge is 0.448 e.